The first kappa shape index (κ1) is 11.3. The van der Waals surface area contributed by atoms with E-state index in [4.69, 9.17) is 10.8 Å². The first-order valence-electron chi connectivity index (χ1n) is 4.73. The van der Waals surface area contributed by atoms with Crippen LogP contribution >= 0.6 is 11.8 Å². The Labute approximate surface area is 94.7 Å². The van der Waals surface area contributed by atoms with Crippen molar-refractivity contribution in [1.29, 1.82) is 0 Å². The molecule has 0 spiro atoms. The van der Waals surface area contributed by atoms with Crippen LogP contribution in [0.4, 0.5) is 10.3 Å². The number of alkyl halides is 1. The molecule has 16 heavy (non-hydrogen) atoms. The number of aliphatic hydroxyl groups excluding tert-OH is 1. The Morgan fingerprint density at radius 1 is 1.75 bits per heavy atom. The van der Waals surface area contributed by atoms with Crippen LogP contribution in [0.25, 0.3) is 0 Å². The van der Waals surface area contributed by atoms with E-state index in [9.17, 15) is 9.18 Å². The fraction of sp³-hybridized carbons (Fsp3) is 0.625. The Hall–Kier alpha value is -1.15. The summed E-state index contributed by atoms with van der Waals surface area (Å²) in [7, 11) is 0. The Bertz CT molecular complexity index is 440. The van der Waals surface area contributed by atoms with Gasteiger partial charge in [0.15, 0.2) is 0 Å². The highest BCUT2D eigenvalue weighted by Gasteiger charge is 2.36. The molecule has 1 aliphatic rings. The summed E-state index contributed by atoms with van der Waals surface area (Å²) in [5, 5.41) is 8.07. The fourth-order valence-electron chi connectivity index (χ4n) is 1.59. The van der Waals surface area contributed by atoms with Gasteiger partial charge in [-0.15, -0.1) is 11.8 Å². The smallest absolute Gasteiger partial charge is 0.353 e. The average molecular weight is 246 g/mol. The Balaban J connectivity index is 2.28. The van der Waals surface area contributed by atoms with E-state index < -0.39 is 17.2 Å². The number of aromatic nitrogens is 3. The quantitative estimate of drug-likeness (QED) is 0.734. The normalized spacial score (nSPS) is 29.5. The largest absolute Gasteiger partial charge is 0.395 e. The summed E-state index contributed by atoms with van der Waals surface area (Å²) in [4.78, 5) is 18.5. The van der Waals surface area contributed by atoms with E-state index in [-0.39, 0.29) is 24.2 Å². The van der Waals surface area contributed by atoms with Crippen LogP contribution < -0.4 is 11.4 Å². The molecule has 6 nitrogen and oxygen atoms in total. The lowest BCUT2D eigenvalue weighted by Crippen LogP contribution is -2.29. The van der Waals surface area contributed by atoms with Crippen LogP contribution in [0.15, 0.2) is 11.1 Å². The molecule has 1 aromatic heterocycles. The molecule has 3 atom stereocenters. The van der Waals surface area contributed by atoms with Crippen molar-refractivity contribution in [2.45, 2.75) is 23.2 Å². The third kappa shape index (κ3) is 2.03. The summed E-state index contributed by atoms with van der Waals surface area (Å²) < 4.78 is 14.7. The minimum absolute atomic E-state index is 0.105. The van der Waals surface area contributed by atoms with Crippen molar-refractivity contribution in [3.8, 4) is 0 Å². The first-order chi connectivity index (χ1) is 7.61. The molecule has 0 amide bonds. The van der Waals surface area contributed by atoms with Gasteiger partial charge in [0, 0.05) is 5.25 Å². The van der Waals surface area contributed by atoms with Gasteiger partial charge < -0.3 is 10.8 Å². The van der Waals surface area contributed by atoms with Crippen molar-refractivity contribution in [3.05, 3.63) is 16.8 Å². The van der Waals surface area contributed by atoms with E-state index in [1.165, 1.54) is 18.1 Å². The number of halogens is 1. The number of thioether (sulfide) groups is 1. The van der Waals surface area contributed by atoms with Crippen LogP contribution in [0.5, 0.6) is 0 Å². The highest BCUT2D eigenvalue weighted by atomic mass is 32.2. The maximum atomic E-state index is 13.6. The molecular weight excluding hydrogens is 235 g/mol. The number of anilines is 1. The standard InChI is InChI=1S/C8H11FN4O2S/c9-5-1-4(2-14)16-6(5)13-3-11-7(10)12-8(13)15/h3-6,14H,1-2H2,(H2,10,12,15)/t4-,5-,6+/m0/s1. The second-order valence-electron chi connectivity index (χ2n) is 3.49. The number of hydrogen-bond acceptors (Lipinski definition) is 6. The molecule has 0 bridgehead atoms. The van der Waals surface area contributed by atoms with Crippen molar-refractivity contribution < 1.29 is 9.50 Å². The lowest BCUT2D eigenvalue weighted by atomic mass is 10.2. The first-order valence-corrected chi connectivity index (χ1v) is 5.67. The van der Waals surface area contributed by atoms with Crippen molar-refractivity contribution in [3.63, 3.8) is 0 Å². The van der Waals surface area contributed by atoms with Gasteiger partial charge in [-0.2, -0.15) is 4.98 Å². The third-order valence-corrected chi connectivity index (χ3v) is 3.88. The SMILES string of the molecule is Nc1ncn([C@@H]2S[C@H](CO)C[C@@H]2F)c(=O)n1. The van der Waals surface area contributed by atoms with Gasteiger partial charge in [-0.25, -0.2) is 14.2 Å². The van der Waals surface area contributed by atoms with Gasteiger partial charge in [-0.3, -0.25) is 4.57 Å². The van der Waals surface area contributed by atoms with Gasteiger partial charge in [0.1, 0.15) is 17.9 Å². The maximum Gasteiger partial charge on any atom is 0.353 e. The number of nitrogens with two attached hydrogens (primary N) is 1. The second-order valence-corrected chi connectivity index (χ2v) is 4.91. The molecule has 8 heteroatoms. The Kier molecular flexibility index (Phi) is 3.10. The Morgan fingerprint density at radius 3 is 3.06 bits per heavy atom. The maximum absolute atomic E-state index is 13.6. The molecule has 88 valence electrons. The summed E-state index contributed by atoms with van der Waals surface area (Å²) in [6.45, 7) is -0.105. The monoisotopic (exact) mass is 246 g/mol. The molecule has 3 N–H and O–H groups in total. The number of nitrogens with zero attached hydrogens (tertiary/aromatic N) is 3. The summed E-state index contributed by atoms with van der Waals surface area (Å²) in [6.07, 6.45) is 0.226. The number of hydrogen-bond donors (Lipinski definition) is 2. The van der Waals surface area contributed by atoms with E-state index in [1.54, 1.807) is 0 Å². The number of rotatable bonds is 2. The topological polar surface area (TPSA) is 94.0 Å². The van der Waals surface area contributed by atoms with Crippen LogP contribution in [-0.4, -0.2) is 37.7 Å². The van der Waals surface area contributed by atoms with Gasteiger partial charge in [0.25, 0.3) is 0 Å². The molecule has 2 heterocycles. The minimum atomic E-state index is -1.19. The fourth-order valence-corrected chi connectivity index (χ4v) is 2.93. The van der Waals surface area contributed by atoms with E-state index >= 15 is 0 Å². The summed E-state index contributed by atoms with van der Waals surface area (Å²) in [5.74, 6) is -0.127. The third-order valence-electron chi connectivity index (χ3n) is 2.35. The van der Waals surface area contributed by atoms with Gasteiger partial charge in [-0.1, -0.05) is 0 Å². The zero-order valence-electron chi connectivity index (χ0n) is 8.28. The van der Waals surface area contributed by atoms with Crippen molar-refractivity contribution in [2.75, 3.05) is 12.3 Å². The van der Waals surface area contributed by atoms with Crippen LogP contribution in [0.1, 0.15) is 11.8 Å². The van der Waals surface area contributed by atoms with Crippen LogP contribution in [0.2, 0.25) is 0 Å². The molecule has 0 saturated carbocycles. The molecule has 0 unspecified atom stereocenters. The lowest BCUT2D eigenvalue weighted by Gasteiger charge is -2.14. The highest BCUT2D eigenvalue weighted by Crippen LogP contribution is 2.42. The summed E-state index contributed by atoms with van der Waals surface area (Å²) >= 11 is 1.21. The number of aliphatic hydroxyl groups is 1. The summed E-state index contributed by atoms with van der Waals surface area (Å²) in [6, 6.07) is 0. The molecule has 1 aliphatic heterocycles. The molecule has 0 radical (unpaired) electrons. The minimum Gasteiger partial charge on any atom is -0.395 e. The highest BCUT2D eigenvalue weighted by molar-refractivity contribution is 8.00. The van der Waals surface area contributed by atoms with Gasteiger partial charge >= 0.3 is 5.69 Å². The molecule has 1 fully saturated rings. The predicted octanol–water partition coefficient (Wildman–Crippen LogP) is -0.445. The van der Waals surface area contributed by atoms with Crippen LogP contribution in [0.3, 0.4) is 0 Å². The van der Waals surface area contributed by atoms with Crippen molar-refractivity contribution in [1.82, 2.24) is 14.5 Å². The van der Waals surface area contributed by atoms with Crippen molar-refractivity contribution in [2.24, 2.45) is 0 Å². The Morgan fingerprint density at radius 2 is 2.50 bits per heavy atom. The summed E-state index contributed by atoms with van der Waals surface area (Å²) in [5.41, 5.74) is 4.62. The lowest BCUT2D eigenvalue weighted by molar-refractivity contribution is 0.248. The van der Waals surface area contributed by atoms with Crippen LogP contribution in [0, 0.1) is 0 Å². The second kappa shape index (κ2) is 4.38. The zero-order chi connectivity index (χ0) is 11.7. The average Bonchev–Trinajstić information content (AvgIpc) is 2.60. The predicted molar refractivity (Wildman–Crippen MR) is 57.7 cm³/mol. The van der Waals surface area contributed by atoms with E-state index in [1.807, 2.05) is 0 Å². The molecule has 0 aromatic carbocycles. The van der Waals surface area contributed by atoms with E-state index in [0.29, 0.717) is 0 Å². The molecule has 2 rings (SSSR count). The zero-order valence-corrected chi connectivity index (χ0v) is 9.10. The molecule has 1 aromatic rings. The molecule has 1 saturated heterocycles. The van der Waals surface area contributed by atoms with Crippen molar-refractivity contribution >= 4 is 17.7 Å². The van der Waals surface area contributed by atoms with Crippen LogP contribution in [-0.2, 0) is 0 Å². The van der Waals surface area contributed by atoms with E-state index in [0.717, 1.165) is 4.57 Å². The van der Waals surface area contributed by atoms with Gasteiger partial charge in [0.05, 0.1) is 6.61 Å². The molecule has 0 aliphatic carbocycles. The van der Waals surface area contributed by atoms with Gasteiger partial charge in [-0.05, 0) is 6.42 Å². The molecular formula is C8H11FN4O2S. The number of nitrogen functional groups attached to an aromatic ring is 1. The van der Waals surface area contributed by atoms with E-state index in [2.05, 4.69) is 9.97 Å². The van der Waals surface area contributed by atoms with Gasteiger partial charge in [0.2, 0.25) is 5.95 Å².